The van der Waals surface area contributed by atoms with E-state index in [4.69, 9.17) is 10.5 Å². The summed E-state index contributed by atoms with van der Waals surface area (Å²) in [5, 5.41) is 2.96. The third-order valence-corrected chi connectivity index (χ3v) is 3.63. The van der Waals surface area contributed by atoms with Crippen LogP contribution in [0.4, 0.5) is 5.69 Å². The molecule has 1 aromatic carbocycles. The third kappa shape index (κ3) is 3.69. The summed E-state index contributed by atoms with van der Waals surface area (Å²) >= 11 is 0. The van der Waals surface area contributed by atoms with Gasteiger partial charge in [-0.25, -0.2) is 0 Å². The molecule has 0 radical (unpaired) electrons. The van der Waals surface area contributed by atoms with Crippen LogP contribution in [-0.2, 0) is 9.53 Å². The fourth-order valence-electron chi connectivity index (χ4n) is 2.19. The van der Waals surface area contributed by atoms with Crippen molar-refractivity contribution in [3.63, 3.8) is 0 Å². The SMILES string of the molecule is Cc1ccc(NC(=O)C2(CN)CCOCC2)cc1.Cl. The van der Waals surface area contributed by atoms with Crippen molar-refractivity contribution in [3.05, 3.63) is 29.8 Å². The predicted molar refractivity (Wildman–Crippen MR) is 78.6 cm³/mol. The maximum atomic E-state index is 12.4. The first-order chi connectivity index (χ1) is 8.66. The van der Waals surface area contributed by atoms with Crippen molar-refractivity contribution < 1.29 is 9.53 Å². The molecule has 2 rings (SSSR count). The van der Waals surface area contributed by atoms with Gasteiger partial charge >= 0.3 is 0 Å². The maximum absolute atomic E-state index is 12.4. The molecular weight excluding hydrogens is 264 g/mol. The molecule has 1 aliphatic heterocycles. The van der Waals surface area contributed by atoms with E-state index in [0.29, 0.717) is 32.6 Å². The lowest BCUT2D eigenvalue weighted by molar-refractivity contribution is -0.130. The number of carbonyl (C=O) groups is 1. The van der Waals surface area contributed by atoms with E-state index in [2.05, 4.69) is 5.32 Å². The molecule has 0 saturated carbocycles. The van der Waals surface area contributed by atoms with Crippen LogP contribution in [0.25, 0.3) is 0 Å². The average Bonchev–Trinajstić information content (AvgIpc) is 2.42. The summed E-state index contributed by atoms with van der Waals surface area (Å²) in [4.78, 5) is 12.4. The average molecular weight is 285 g/mol. The van der Waals surface area contributed by atoms with Crippen LogP contribution in [0, 0.1) is 12.3 Å². The molecule has 0 aliphatic carbocycles. The second-order valence-corrected chi connectivity index (χ2v) is 4.92. The number of aryl methyl sites for hydroxylation is 1. The number of carbonyl (C=O) groups excluding carboxylic acids is 1. The Balaban J connectivity index is 0.00000180. The van der Waals surface area contributed by atoms with Gasteiger partial charge in [-0.1, -0.05) is 17.7 Å². The number of nitrogens with two attached hydrogens (primary N) is 1. The molecular formula is C14H21ClN2O2. The zero-order chi connectivity index (χ0) is 13.0. The summed E-state index contributed by atoms with van der Waals surface area (Å²) in [5.74, 6) is 0.0113. The van der Waals surface area contributed by atoms with Crippen molar-refractivity contribution >= 4 is 24.0 Å². The van der Waals surface area contributed by atoms with Crippen molar-refractivity contribution in [2.24, 2.45) is 11.1 Å². The Morgan fingerprint density at radius 3 is 2.42 bits per heavy atom. The van der Waals surface area contributed by atoms with Crippen molar-refractivity contribution in [3.8, 4) is 0 Å². The second-order valence-electron chi connectivity index (χ2n) is 4.92. The summed E-state index contributed by atoms with van der Waals surface area (Å²) in [7, 11) is 0. The Kier molecular flexibility index (Phi) is 5.79. The molecule has 0 bridgehead atoms. The first kappa shape index (κ1) is 16.0. The van der Waals surface area contributed by atoms with Crippen LogP contribution in [0.15, 0.2) is 24.3 Å². The number of nitrogens with one attached hydrogen (secondary N) is 1. The number of rotatable bonds is 3. The van der Waals surface area contributed by atoms with Crippen molar-refractivity contribution in [2.45, 2.75) is 19.8 Å². The van der Waals surface area contributed by atoms with E-state index in [1.54, 1.807) is 0 Å². The molecule has 0 spiro atoms. The van der Waals surface area contributed by atoms with Gasteiger partial charge in [-0.3, -0.25) is 4.79 Å². The van der Waals surface area contributed by atoms with Gasteiger partial charge in [0, 0.05) is 25.4 Å². The highest BCUT2D eigenvalue weighted by Gasteiger charge is 2.38. The Bertz CT molecular complexity index is 414. The molecule has 0 aromatic heterocycles. The van der Waals surface area contributed by atoms with Gasteiger partial charge in [-0.2, -0.15) is 0 Å². The normalized spacial score (nSPS) is 17.4. The van der Waals surface area contributed by atoms with E-state index < -0.39 is 5.41 Å². The van der Waals surface area contributed by atoms with Crippen molar-refractivity contribution in [1.29, 1.82) is 0 Å². The van der Waals surface area contributed by atoms with Crippen molar-refractivity contribution in [1.82, 2.24) is 0 Å². The van der Waals surface area contributed by atoms with Crippen LogP contribution in [0.3, 0.4) is 0 Å². The van der Waals surface area contributed by atoms with Gasteiger partial charge in [0.1, 0.15) is 0 Å². The van der Waals surface area contributed by atoms with E-state index >= 15 is 0 Å². The molecule has 1 heterocycles. The van der Waals surface area contributed by atoms with Gasteiger partial charge < -0.3 is 15.8 Å². The predicted octanol–water partition coefficient (Wildman–Crippen LogP) is 2.11. The summed E-state index contributed by atoms with van der Waals surface area (Å²) in [6, 6.07) is 7.79. The molecule has 4 nitrogen and oxygen atoms in total. The molecule has 3 N–H and O–H groups in total. The first-order valence-electron chi connectivity index (χ1n) is 6.32. The van der Waals surface area contributed by atoms with Gasteiger partial charge in [-0.05, 0) is 31.9 Å². The maximum Gasteiger partial charge on any atom is 0.232 e. The number of hydrogen-bond donors (Lipinski definition) is 2. The highest BCUT2D eigenvalue weighted by Crippen LogP contribution is 2.30. The highest BCUT2D eigenvalue weighted by atomic mass is 35.5. The summed E-state index contributed by atoms with van der Waals surface area (Å²) in [6.45, 7) is 3.61. The standard InChI is InChI=1S/C14H20N2O2.ClH/c1-11-2-4-12(5-3-11)16-13(17)14(10-15)6-8-18-9-7-14;/h2-5H,6-10,15H2,1H3,(H,16,17);1H. The monoisotopic (exact) mass is 284 g/mol. The lowest BCUT2D eigenvalue weighted by Crippen LogP contribution is -2.46. The van der Waals surface area contributed by atoms with Crippen LogP contribution >= 0.6 is 12.4 Å². The van der Waals surface area contributed by atoms with Gasteiger partial charge in [0.15, 0.2) is 0 Å². The van der Waals surface area contributed by atoms with Crippen LogP contribution in [0.5, 0.6) is 0 Å². The lowest BCUT2D eigenvalue weighted by atomic mass is 9.79. The minimum Gasteiger partial charge on any atom is -0.381 e. The molecule has 1 amide bonds. The molecule has 0 unspecified atom stereocenters. The summed E-state index contributed by atoms with van der Waals surface area (Å²) in [5.41, 5.74) is 7.33. The smallest absolute Gasteiger partial charge is 0.232 e. The molecule has 0 atom stereocenters. The summed E-state index contributed by atoms with van der Waals surface area (Å²) in [6.07, 6.45) is 1.39. The molecule has 1 fully saturated rings. The fraction of sp³-hybridized carbons (Fsp3) is 0.500. The van der Waals surface area contributed by atoms with E-state index in [0.717, 1.165) is 5.69 Å². The minimum atomic E-state index is -0.469. The van der Waals surface area contributed by atoms with Crippen LogP contribution < -0.4 is 11.1 Å². The molecule has 106 valence electrons. The van der Waals surface area contributed by atoms with E-state index in [1.807, 2.05) is 31.2 Å². The van der Waals surface area contributed by atoms with E-state index in [-0.39, 0.29) is 18.3 Å². The number of ether oxygens (including phenoxy) is 1. The lowest BCUT2D eigenvalue weighted by Gasteiger charge is -2.34. The number of amides is 1. The Hall–Kier alpha value is -1.10. The van der Waals surface area contributed by atoms with E-state index in [1.165, 1.54) is 5.56 Å². The van der Waals surface area contributed by atoms with Gasteiger partial charge in [-0.15, -0.1) is 12.4 Å². The largest absolute Gasteiger partial charge is 0.381 e. The zero-order valence-corrected chi connectivity index (χ0v) is 12.0. The number of anilines is 1. The molecule has 1 saturated heterocycles. The van der Waals surface area contributed by atoms with Gasteiger partial charge in [0.2, 0.25) is 5.91 Å². The van der Waals surface area contributed by atoms with Crippen LogP contribution in [0.1, 0.15) is 18.4 Å². The quantitative estimate of drug-likeness (QED) is 0.893. The third-order valence-electron chi connectivity index (χ3n) is 3.63. The second kappa shape index (κ2) is 6.89. The van der Waals surface area contributed by atoms with Gasteiger partial charge in [0.25, 0.3) is 0 Å². The minimum absolute atomic E-state index is 0. The van der Waals surface area contributed by atoms with Crippen LogP contribution in [0.2, 0.25) is 0 Å². The molecule has 19 heavy (non-hydrogen) atoms. The van der Waals surface area contributed by atoms with Crippen molar-refractivity contribution in [2.75, 3.05) is 25.1 Å². The van der Waals surface area contributed by atoms with Crippen LogP contribution in [-0.4, -0.2) is 25.7 Å². The van der Waals surface area contributed by atoms with Gasteiger partial charge in [0.05, 0.1) is 5.41 Å². The zero-order valence-electron chi connectivity index (χ0n) is 11.1. The number of hydrogen-bond acceptors (Lipinski definition) is 3. The Morgan fingerprint density at radius 1 is 1.32 bits per heavy atom. The van der Waals surface area contributed by atoms with E-state index in [9.17, 15) is 4.79 Å². The topological polar surface area (TPSA) is 64.4 Å². The molecule has 5 heteroatoms. The number of halogens is 1. The molecule has 1 aliphatic rings. The molecule has 1 aromatic rings. The Morgan fingerprint density at radius 2 is 1.89 bits per heavy atom. The highest BCUT2D eigenvalue weighted by molar-refractivity contribution is 5.95. The Labute approximate surface area is 120 Å². The number of benzene rings is 1. The first-order valence-corrected chi connectivity index (χ1v) is 6.32. The summed E-state index contributed by atoms with van der Waals surface area (Å²) < 4.78 is 5.31. The fourth-order valence-corrected chi connectivity index (χ4v) is 2.19.